The fourth-order valence-corrected chi connectivity index (χ4v) is 5.50. The number of anilines is 1. The number of aromatic amines is 1. The number of methoxy groups -OCH3 is 1. The summed E-state index contributed by atoms with van der Waals surface area (Å²) in [6, 6.07) is 11.6. The van der Waals surface area contributed by atoms with E-state index < -0.39 is 5.54 Å². The molecule has 3 aliphatic rings. The van der Waals surface area contributed by atoms with Gasteiger partial charge in [-0.1, -0.05) is 12.1 Å². The van der Waals surface area contributed by atoms with Gasteiger partial charge in [0.25, 0.3) is 0 Å². The predicted molar refractivity (Wildman–Crippen MR) is 136 cm³/mol. The van der Waals surface area contributed by atoms with Crippen molar-refractivity contribution in [2.24, 2.45) is 5.92 Å². The van der Waals surface area contributed by atoms with Gasteiger partial charge in [0.1, 0.15) is 11.6 Å². The molecule has 0 saturated carbocycles. The van der Waals surface area contributed by atoms with Crippen molar-refractivity contribution in [1.29, 1.82) is 0 Å². The third kappa shape index (κ3) is 4.31. The Morgan fingerprint density at radius 3 is 2.65 bits per heavy atom. The number of hydrogen-bond donors (Lipinski definition) is 1. The third-order valence-corrected chi connectivity index (χ3v) is 7.81. The molecule has 192 valence electrons. The minimum Gasteiger partial charge on any atom is -0.497 e. The van der Waals surface area contributed by atoms with Gasteiger partial charge in [-0.05, 0) is 42.7 Å². The van der Waals surface area contributed by atoms with Crippen LogP contribution in [0.5, 0.6) is 5.75 Å². The van der Waals surface area contributed by atoms with Gasteiger partial charge in [0, 0.05) is 43.2 Å². The van der Waals surface area contributed by atoms with Gasteiger partial charge in [0.15, 0.2) is 0 Å². The van der Waals surface area contributed by atoms with E-state index in [1.54, 1.807) is 24.4 Å². The number of carbonyl (C=O) groups excluding carboxylic acids is 2. The zero-order valence-electron chi connectivity index (χ0n) is 20.8. The first-order chi connectivity index (χ1) is 18.1. The molecule has 37 heavy (non-hydrogen) atoms. The lowest BCUT2D eigenvalue weighted by atomic mass is 9.85. The van der Waals surface area contributed by atoms with E-state index in [-0.39, 0.29) is 17.9 Å². The molecule has 0 aliphatic carbocycles. The van der Waals surface area contributed by atoms with Gasteiger partial charge in [0.05, 0.1) is 44.5 Å². The van der Waals surface area contributed by atoms with Crippen molar-refractivity contribution < 1.29 is 19.1 Å². The van der Waals surface area contributed by atoms with Gasteiger partial charge in [0.2, 0.25) is 5.91 Å². The van der Waals surface area contributed by atoms with Crippen LogP contribution in [0.25, 0.3) is 11.1 Å². The number of nitrogens with one attached hydrogen (secondary N) is 1. The van der Waals surface area contributed by atoms with Gasteiger partial charge in [-0.25, -0.2) is 9.78 Å². The van der Waals surface area contributed by atoms with Crippen LogP contribution >= 0.6 is 0 Å². The summed E-state index contributed by atoms with van der Waals surface area (Å²) in [4.78, 5) is 37.1. The van der Waals surface area contributed by atoms with E-state index in [1.807, 2.05) is 52.4 Å². The summed E-state index contributed by atoms with van der Waals surface area (Å²) < 4.78 is 10.6. The van der Waals surface area contributed by atoms with E-state index in [4.69, 9.17) is 9.47 Å². The number of hydrogen-bond acceptors (Lipinski definition) is 6. The molecule has 3 fully saturated rings. The van der Waals surface area contributed by atoms with E-state index in [0.29, 0.717) is 58.1 Å². The molecule has 5 heterocycles. The van der Waals surface area contributed by atoms with Gasteiger partial charge in [-0.2, -0.15) is 5.10 Å². The van der Waals surface area contributed by atoms with Crippen LogP contribution in [0.3, 0.4) is 0 Å². The molecular formula is C27H30N6O4. The van der Waals surface area contributed by atoms with E-state index >= 15 is 0 Å². The highest BCUT2D eigenvalue weighted by molar-refractivity contribution is 5.94. The molecule has 2 aromatic heterocycles. The molecule has 1 N–H and O–H groups in total. The molecule has 3 aromatic rings. The first kappa shape index (κ1) is 23.5. The summed E-state index contributed by atoms with van der Waals surface area (Å²) in [5.74, 6) is 1.52. The van der Waals surface area contributed by atoms with E-state index in [0.717, 1.165) is 22.4 Å². The van der Waals surface area contributed by atoms with Crippen molar-refractivity contribution >= 4 is 17.8 Å². The molecule has 3 saturated heterocycles. The van der Waals surface area contributed by atoms with E-state index in [2.05, 4.69) is 15.2 Å². The van der Waals surface area contributed by atoms with Crippen molar-refractivity contribution in [2.75, 3.05) is 44.9 Å². The van der Waals surface area contributed by atoms with Crippen LogP contribution in [0.15, 0.2) is 55.0 Å². The molecule has 0 atom stereocenters. The molecule has 3 amide bonds. The molecule has 0 unspecified atom stereocenters. The highest BCUT2D eigenvalue weighted by Gasteiger charge is 2.52. The summed E-state index contributed by atoms with van der Waals surface area (Å²) in [5, 5.41) is 6.81. The van der Waals surface area contributed by atoms with Crippen LogP contribution in [0.4, 0.5) is 10.6 Å². The lowest BCUT2D eigenvalue weighted by Gasteiger charge is -2.45. The normalized spacial score (nSPS) is 19.4. The highest BCUT2D eigenvalue weighted by atomic mass is 16.5. The number of benzene rings is 1. The lowest BCUT2D eigenvalue weighted by molar-refractivity contribution is -0.152. The van der Waals surface area contributed by atoms with Crippen LogP contribution in [-0.4, -0.2) is 82.4 Å². The maximum atomic E-state index is 13.9. The summed E-state index contributed by atoms with van der Waals surface area (Å²) in [7, 11) is 1.64. The average molecular weight is 503 g/mol. The van der Waals surface area contributed by atoms with Gasteiger partial charge >= 0.3 is 6.03 Å². The Labute approximate surface area is 215 Å². The Kier molecular flexibility index (Phi) is 6.03. The van der Waals surface area contributed by atoms with Gasteiger partial charge in [-0.15, -0.1) is 0 Å². The molecule has 1 spiro atoms. The van der Waals surface area contributed by atoms with Crippen LogP contribution < -0.4 is 9.64 Å². The lowest BCUT2D eigenvalue weighted by Crippen LogP contribution is -2.57. The van der Waals surface area contributed by atoms with Crippen molar-refractivity contribution in [2.45, 2.75) is 24.9 Å². The van der Waals surface area contributed by atoms with E-state index in [1.165, 1.54) is 0 Å². The second-order valence-corrected chi connectivity index (χ2v) is 9.98. The number of nitrogens with zero attached hydrogens (tertiary/aromatic N) is 5. The summed E-state index contributed by atoms with van der Waals surface area (Å²) in [6.45, 7) is 3.26. The number of rotatable bonds is 6. The molecule has 3 aliphatic heterocycles. The number of ether oxygens (including phenoxy) is 2. The van der Waals surface area contributed by atoms with Crippen molar-refractivity contribution in [3.63, 3.8) is 0 Å². The Balaban J connectivity index is 1.26. The minimum absolute atomic E-state index is 0.0263. The van der Waals surface area contributed by atoms with Gasteiger partial charge < -0.3 is 19.3 Å². The zero-order valence-corrected chi connectivity index (χ0v) is 20.8. The third-order valence-electron chi connectivity index (χ3n) is 7.81. The minimum atomic E-state index is -0.391. The van der Waals surface area contributed by atoms with Crippen LogP contribution in [0.2, 0.25) is 0 Å². The van der Waals surface area contributed by atoms with Crippen molar-refractivity contribution in [3.8, 4) is 16.9 Å². The Morgan fingerprint density at radius 1 is 1.16 bits per heavy atom. The van der Waals surface area contributed by atoms with E-state index in [9.17, 15) is 9.59 Å². The van der Waals surface area contributed by atoms with Crippen LogP contribution in [-0.2, 0) is 16.1 Å². The quantitative estimate of drug-likeness (QED) is 0.556. The zero-order chi connectivity index (χ0) is 25.4. The maximum absolute atomic E-state index is 13.9. The van der Waals surface area contributed by atoms with Crippen molar-refractivity contribution in [3.05, 3.63) is 60.6 Å². The molecule has 10 heteroatoms. The number of pyridine rings is 1. The highest BCUT2D eigenvalue weighted by Crippen LogP contribution is 2.39. The molecule has 6 rings (SSSR count). The Bertz CT molecular complexity index is 1270. The first-order valence-electron chi connectivity index (χ1n) is 12.6. The molecule has 0 radical (unpaired) electrons. The van der Waals surface area contributed by atoms with Crippen molar-refractivity contribution in [1.82, 2.24) is 25.0 Å². The summed E-state index contributed by atoms with van der Waals surface area (Å²) in [5.41, 5.74) is 2.48. The number of carbonyl (C=O) groups is 2. The smallest absolute Gasteiger partial charge is 0.326 e. The molecule has 10 nitrogen and oxygen atoms in total. The maximum Gasteiger partial charge on any atom is 0.326 e. The monoisotopic (exact) mass is 502 g/mol. The first-order valence-corrected chi connectivity index (χ1v) is 12.6. The predicted octanol–water partition coefficient (Wildman–Crippen LogP) is 2.93. The number of aromatic nitrogens is 3. The Hall–Kier alpha value is -3.92. The summed E-state index contributed by atoms with van der Waals surface area (Å²) in [6.07, 6.45) is 6.75. The number of piperidine rings is 1. The number of H-pyrrole nitrogens is 1. The number of likely N-dealkylation sites (tertiary alicyclic amines) is 1. The molecular weight excluding hydrogens is 472 g/mol. The molecule has 1 aromatic carbocycles. The second-order valence-electron chi connectivity index (χ2n) is 9.98. The van der Waals surface area contributed by atoms with Gasteiger partial charge in [-0.3, -0.25) is 14.8 Å². The fraction of sp³-hybridized carbons (Fsp3) is 0.407. The van der Waals surface area contributed by atoms with Crippen LogP contribution in [0.1, 0.15) is 18.4 Å². The number of amides is 3. The molecule has 0 bridgehead atoms. The standard InChI is InChI=1S/C27H30N6O4/c1-36-23-4-2-3-19(11-23)15-33-26(35)32(24-6-5-20(12-28-24)21-13-29-30-14-21)18-27(33)7-9-31(10-8-27)25(34)22-16-37-17-22/h2-6,11-14,22H,7-10,15-18H2,1H3,(H,29,30). The SMILES string of the molecule is COc1cccc(CN2C(=O)N(c3ccc(-c4cn[nH]c4)cn3)CC23CCN(C(=O)C2COC2)CC3)c1. The Morgan fingerprint density at radius 2 is 2.00 bits per heavy atom. The number of urea groups is 1. The average Bonchev–Trinajstić information content (AvgIpc) is 3.52. The largest absolute Gasteiger partial charge is 0.497 e. The summed E-state index contributed by atoms with van der Waals surface area (Å²) >= 11 is 0. The van der Waals surface area contributed by atoms with Crippen LogP contribution in [0, 0.1) is 5.92 Å². The second kappa shape index (κ2) is 9.51. The fourth-order valence-electron chi connectivity index (χ4n) is 5.50. The topological polar surface area (TPSA) is 104 Å².